The van der Waals surface area contributed by atoms with Crippen LogP contribution in [0.15, 0.2) is 12.1 Å². The summed E-state index contributed by atoms with van der Waals surface area (Å²) in [5, 5.41) is 0. The maximum absolute atomic E-state index is 5.96. The van der Waals surface area contributed by atoms with Crippen molar-refractivity contribution in [3.8, 4) is 0 Å². The van der Waals surface area contributed by atoms with Crippen LogP contribution >= 0.6 is 35.6 Å². The van der Waals surface area contributed by atoms with Crippen LogP contribution in [0.5, 0.6) is 0 Å². The van der Waals surface area contributed by atoms with E-state index in [1.807, 2.05) is 6.07 Å². The summed E-state index contributed by atoms with van der Waals surface area (Å²) in [5.41, 5.74) is 0.457. The minimum Gasteiger partial charge on any atom is -0.301 e. The molecule has 0 aromatic carbocycles. The molecule has 0 radical (unpaired) electrons. The van der Waals surface area contributed by atoms with E-state index < -0.39 is 0 Å². The molecule has 0 saturated heterocycles. The molecule has 0 spiro atoms. The fourth-order valence-electron chi connectivity index (χ4n) is 2.82. The predicted octanol–water partition coefficient (Wildman–Crippen LogP) is 4.32. The minimum absolute atomic E-state index is 0.457. The van der Waals surface area contributed by atoms with Crippen molar-refractivity contribution in [1.82, 2.24) is 4.90 Å². The van der Waals surface area contributed by atoms with Crippen LogP contribution in [0.25, 0.3) is 0 Å². The Bertz CT molecular complexity index is 358. The maximum Gasteiger partial charge on any atom is 0.0931 e. The van der Waals surface area contributed by atoms with Gasteiger partial charge in [0.2, 0.25) is 0 Å². The Kier molecular flexibility index (Phi) is 4.81. The third kappa shape index (κ3) is 3.63. The second-order valence-electron chi connectivity index (χ2n) is 5.24. The van der Waals surface area contributed by atoms with Crippen molar-refractivity contribution in [3.05, 3.63) is 21.3 Å². The molecule has 0 aliphatic heterocycles. The molecule has 1 nitrogen and oxygen atoms in total. The first-order valence-corrected chi connectivity index (χ1v) is 8.00. The van der Waals surface area contributed by atoms with Gasteiger partial charge in [-0.15, -0.1) is 11.3 Å². The van der Waals surface area contributed by atoms with Gasteiger partial charge in [-0.05, 0) is 43.2 Å². The summed E-state index contributed by atoms with van der Waals surface area (Å²) >= 11 is 12.2. The van der Waals surface area contributed by atoms with E-state index in [1.54, 1.807) is 11.3 Å². The van der Waals surface area contributed by atoms with Crippen LogP contribution in [0, 0.1) is 5.41 Å². The van der Waals surface area contributed by atoms with E-state index in [-0.39, 0.29) is 0 Å². The van der Waals surface area contributed by atoms with Gasteiger partial charge in [-0.1, -0.05) is 24.4 Å². The summed E-state index contributed by atoms with van der Waals surface area (Å²) in [6.45, 7) is 2.17. The lowest BCUT2D eigenvalue weighted by molar-refractivity contribution is 0.197. The molecule has 1 fully saturated rings. The summed E-state index contributed by atoms with van der Waals surface area (Å²) in [7, 11) is 2.21. The topological polar surface area (TPSA) is 3.24 Å². The van der Waals surface area contributed by atoms with E-state index in [0.717, 1.165) is 23.2 Å². The van der Waals surface area contributed by atoms with Gasteiger partial charge in [0.1, 0.15) is 0 Å². The van der Waals surface area contributed by atoms with Crippen molar-refractivity contribution in [2.45, 2.75) is 32.2 Å². The van der Waals surface area contributed by atoms with Crippen LogP contribution in [-0.4, -0.2) is 24.2 Å². The average molecular weight is 290 g/mol. The minimum atomic E-state index is 0.457. The summed E-state index contributed by atoms with van der Waals surface area (Å²) < 4.78 is 0.887. The molecule has 0 amide bonds. The zero-order chi connectivity index (χ0) is 12.3. The van der Waals surface area contributed by atoms with Gasteiger partial charge in [-0.2, -0.15) is 12.6 Å². The highest BCUT2D eigenvalue weighted by Crippen LogP contribution is 2.39. The van der Waals surface area contributed by atoms with Gasteiger partial charge in [-0.25, -0.2) is 0 Å². The fourth-order valence-corrected chi connectivity index (χ4v) is 4.41. The number of thiol groups is 1. The SMILES string of the molecule is CN(Cc1ccc(Cl)s1)CC1(CS)CCCC1. The molecule has 1 aliphatic rings. The van der Waals surface area contributed by atoms with E-state index in [4.69, 9.17) is 11.6 Å². The highest BCUT2D eigenvalue weighted by atomic mass is 35.5. The van der Waals surface area contributed by atoms with Gasteiger partial charge in [-0.3, -0.25) is 0 Å². The number of halogens is 1. The van der Waals surface area contributed by atoms with Gasteiger partial charge in [0.05, 0.1) is 4.34 Å². The van der Waals surface area contributed by atoms with E-state index in [9.17, 15) is 0 Å². The maximum atomic E-state index is 5.96. The lowest BCUT2D eigenvalue weighted by atomic mass is 9.88. The monoisotopic (exact) mass is 289 g/mol. The van der Waals surface area contributed by atoms with E-state index in [1.165, 1.54) is 30.6 Å². The molecule has 0 N–H and O–H groups in total. The zero-order valence-corrected chi connectivity index (χ0v) is 12.8. The number of hydrogen-bond acceptors (Lipinski definition) is 3. The Morgan fingerprint density at radius 2 is 2.12 bits per heavy atom. The summed E-state index contributed by atoms with van der Waals surface area (Å²) in [5.74, 6) is 1.02. The van der Waals surface area contributed by atoms with Gasteiger partial charge >= 0.3 is 0 Å². The Hall–Kier alpha value is 0.300. The molecule has 0 bridgehead atoms. The number of thiophene rings is 1. The van der Waals surface area contributed by atoms with Crippen molar-refractivity contribution in [3.63, 3.8) is 0 Å². The molecule has 4 heteroatoms. The predicted molar refractivity (Wildman–Crippen MR) is 80.4 cm³/mol. The molecule has 17 heavy (non-hydrogen) atoms. The van der Waals surface area contributed by atoms with E-state index in [2.05, 4.69) is 30.6 Å². The molecule has 1 aromatic heterocycles. The lowest BCUT2D eigenvalue weighted by Crippen LogP contribution is -2.34. The van der Waals surface area contributed by atoms with Crippen LogP contribution in [-0.2, 0) is 6.54 Å². The van der Waals surface area contributed by atoms with Crippen LogP contribution in [0.4, 0.5) is 0 Å². The smallest absolute Gasteiger partial charge is 0.0931 e. The number of hydrogen-bond donors (Lipinski definition) is 1. The Labute approximate surface area is 119 Å². The molecular formula is C13H20ClNS2. The van der Waals surface area contributed by atoms with Gasteiger partial charge in [0, 0.05) is 18.0 Å². The first-order valence-electron chi connectivity index (χ1n) is 6.17. The molecule has 2 rings (SSSR count). The molecule has 1 aliphatic carbocycles. The van der Waals surface area contributed by atoms with Crippen LogP contribution in [0.2, 0.25) is 4.34 Å². The van der Waals surface area contributed by atoms with Gasteiger partial charge in [0.15, 0.2) is 0 Å². The Morgan fingerprint density at radius 1 is 1.41 bits per heavy atom. The first kappa shape index (κ1) is 13.7. The van der Waals surface area contributed by atoms with Crippen molar-refractivity contribution < 1.29 is 0 Å². The van der Waals surface area contributed by atoms with Crippen molar-refractivity contribution >= 4 is 35.6 Å². The lowest BCUT2D eigenvalue weighted by Gasteiger charge is -2.32. The normalized spacial score (nSPS) is 19.1. The number of nitrogens with zero attached hydrogens (tertiary/aromatic N) is 1. The van der Waals surface area contributed by atoms with Crippen molar-refractivity contribution in [2.24, 2.45) is 5.41 Å². The number of rotatable bonds is 5. The summed E-state index contributed by atoms with van der Waals surface area (Å²) in [6.07, 6.45) is 5.43. The third-order valence-electron chi connectivity index (χ3n) is 3.66. The summed E-state index contributed by atoms with van der Waals surface area (Å²) in [4.78, 5) is 3.77. The molecule has 1 heterocycles. The highest BCUT2D eigenvalue weighted by molar-refractivity contribution is 7.80. The second-order valence-corrected chi connectivity index (χ2v) is 7.36. The summed E-state index contributed by atoms with van der Waals surface area (Å²) in [6, 6.07) is 4.12. The largest absolute Gasteiger partial charge is 0.301 e. The first-order chi connectivity index (χ1) is 8.13. The van der Waals surface area contributed by atoms with Gasteiger partial charge in [0.25, 0.3) is 0 Å². The second kappa shape index (κ2) is 5.96. The van der Waals surface area contributed by atoms with Crippen LogP contribution in [0.3, 0.4) is 0 Å². The Morgan fingerprint density at radius 3 is 2.65 bits per heavy atom. The quantitative estimate of drug-likeness (QED) is 0.790. The molecule has 1 saturated carbocycles. The highest BCUT2D eigenvalue weighted by Gasteiger charge is 2.33. The Balaban J connectivity index is 1.90. The van der Waals surface area contributed by atoms with Crippen LogP contribution in [0.1, 0.15) is 30.6 Å². The zero-order valence-electron chi connectivity index (χ0n) is 10.3. The van der Waals surface area contributed by atoms with Gasteiger partial charge < -0.3 is 4.90 Å². The molecule has 96 valence electrons. The van der Waals surface area contributed by atoms with Crippen LogP contribution < -0.4 is 0 Å². The standard InChI is InChI=1S/C13H20ClNS2/c1-15(8-11-4-5-12(14)17-11)9-13(10-16)6-2-3-7-13/h4-5,16H,2-3,6-10H2,1H3. The molecule has 0 atom stereocenters. The third-order valence-corrected chi connectivity index (χ3v) is 5.55. The van der Waals surface area contributed by atoms with E-state index >= 15 is 0 Å². The molecule has 0 unspecified atom stereocenters. The fraction of sp³-hybridized carbons (Fsp3) is 0.692. The van der Waals surface area contributed by atoms with Crippen molar-refractivity contribution in [1.29, 1.82) is 0 Å². The molecule has 1 aromatic rings. The van der Waals surface area contributed by atoms with E-state index in [0.29, 0.717) is 5.41 Å². The van der Waals surface area contributed by atoms with Crippen molar-refractivity contribution in [2.75, 3.05) is 19.3 Å². The molecular weight excluding hydrogens is 270 g/mol. The average Bonchev–Trinajstić information content (AvgIpc) is 2.89.